The fourth-order valence-electron chi connectivity index (χ4n) is 2.32. The number of halogens is 1. The van der Waals surface area contributed by atoms with E-state index in [1.165, 1.54) is 16.4 Å². The minimum atomic E-state index is -3.54. The first-order valence-corrected chi connectivity index (χ1v) is 8.92. The molecule has 8 heteroatoms. The zero-order valence-electron chi connectivity index (χ0n) is 12.4. The van der Waals surface area contributed by atoms with Gasteiger partial charge in [-0.1, -0.05) is 18.5 Å². The van der Waals surface area contributed by atoms with E-state index >= 15 is 0 Å². The molecule has 0 aromatic heterocycles. The number of nitrogens with two attached hydrogens (primary N) is 1. The van der Waals surface area contributed by atoms with Crippen LogP contribution in [0, 0.1) is 5.92 Å². The second kappa shape index (κ2) is 6.95. The summed E-state index contributed by atoms with van der Waals surface area (Å²) >= 11 is 5.78. The number of carbonyl (C=O) groups excluding carboxylic acids is 1. The summed E-state index contributed by atoms with van der Waals surface area (Å²) in [4.78, 5) is 13.9. The molecule has 6 nitrogen and oxygen atoms in total. The zero-order chi connectivity index (χ0) is 16.3. The lowest BCUT2D eigenvalue weighted by Gasteiger charge is -2.35. The van der Waals surface area contributed by atoms with E-state index in [0.717, 1.165) is 0 Å². The van der Waals surface area contributed by atoms with Gasteiger partial charge in [-0.2, -0.15) is 4.31 Å². The number of nitrogens with zero attached hydrogens (tertiary/aromatic N) is 2. The summed E-state index contributed by atoms with van der Waals surface area (Å²) in [5.74, 6) is -0.259. The molecule has 1 aliphatic heterocycles. The number of hydrogen-bond acceptors (Lipinski definition) is 4. The molecule has 1 fully saturated rings. The first-order valence-electron chi connectivity index (χ1n) is 7.11. The summed E-state index contributed by atoms with van der Waals surface area (Å²) in [5.41, 5.74) is 5.50. The molecule has 1 unspecified atom stereocenters. The average Bonchev–Trinajstić information content (AvgIpc) is 2.54. The van der Waals surface area contributed by atoms with Crippen LogP contribution in [0.3, 0.4) is 0 Å². The Bertz CT molecular complexity index is 625. The molecule has 1 aliphatic rings. The highest BCUT2D eigenvalue weighted by atomic mass is 35.5. The lowest BCUT2D eigenvalue weighted by atomic mass is 10.1. The van der Waals surface area contributed by atoms with E-state index in [1.54, 1.807) is 24.0 Å². The molecule has 2 N–H and O–H groups in total. The molecular weight excluding hydrogens is 326 g/mol. The van der Waals surface area contributed by atoms with E-state index in [1.807, 2.05) is 0 Å². The third-order valence-corrected chi connectivity index (χ3v) is 5.94. The van der Waals surface area contributed by atoms with Crippen molar-refractivity contribution in [3.63, 3.8) is 0 Å². The molecule has 0 spiro atoms. The number of piperazine rings is 1. The number of sulfonamides is 1. The quantitative estimate of drug-likeness (QED) is 0.873. The summed E-state index contributed by atoms with van der Waals surface area (Å²) in [6.45, 7) is 3.41. The number of benzene rings is 1. The van der Waals surface area contributed by atoms with E-state index in [2.05, 4.69) is 0 Å². The van der Waals surface area contributed by atoms with Crippen molar-refractivity contribution >= 4 is 27.5 Å². The third kappa shape index (κ3) is 3.60. The number of carbonyl (C=O) groups is 1. The molecule has 1 heterocycles. The molecule has 0 aliphatic carbocycles. The maximum Gasteiger partial charge on any atom is 0.243 e. The van der Waals surface area contributed by atoms with Gasteiger partial charge in [0.15, 0.2) is 0 Å². The number of amides is 1. The Hall–Kier alpha value is -1.15. The van der Waals surface area contributed by atoms with Crippen LogP contribution in [0.1, 0.15) is 6.92 Å². The lowest BCUT2D eigenvalue weighted by Crippen LogP contribution is -2.52. The summed E-state index contributed by atoms with van der Waals surface area (Å²) in [6.07, 6.45) is 0. The van der Waals surface area contributed by atoms with Gasteiger partial charge < -0.3 is 10.6 Å². The van der Waals surface area contributed by atoms with E-state index in [4.69, 9.17) is 17.3 Å². The van der Waals surface area contributed by atoms with Gasteiger partial charge in [-0.15, -0.1) is 0 Å². The van der Waals surface area contributed by atoms with Gasteiger partial charge in [0.25, 0.3) is 0 Å². The summed E-state index contributed by atoms with van der Waals surface area (Å²) in [5, 5.41) is 0.491. The van der Waals surface area contributed by atoms with Gasteiger partial charge in [0.1, 0.15) is 0 Å². The van der Waals surface area contributed by atoms with Crippen LogP contribution >= 0.6 is 11.6 Å². The summed E-state index contributed by atoms with van der Waals surface area (Å²) in [7, 11) is -3.54. The van der Waals surface area contributed by atoms with Crippen LogP contribution in [0.25, 0.3) is 0 Å². The SMILES string of the molecule is CC(CN)C(=O)N1CCN(S(=O)(=O)c2ccc(Cl)cc2)CC1. The van der Waals surface area contributed by atoms with Gasteiger partial charge in [-0.25, -0.2) is 8.42 Å². The predicted octanol–water partition coefficient (Wildman–Crippen LogP) is 0.768. The van der Waals surface area contributed by atoms with E-state index in [9.17, 15) is 13.2 Å². The minimum absolute atomic E-state index is 0.0222. The number of rotatable bonds is 4. The Labute approximate surface area is 135 Å². The molecule has 1 aromatic rings. The van der Waals surface area contributed by atoms with Gasteiger partial charge in [0, 0.05) is 43.7 Å². The van der Waals surface area contributed by atoms with Crippen molar-refractivity contribution in [3.8, 4) is 0 Å². The first-order chi connectivity index (χ1) is 10.4. The second-order valence-corrected chi connectivity index (χ2v) is 7.69. The third-order valence-electron chi connectivity index (χ3n) is 3.78. The highest BCUT2D eigenvalue weighted by molar-refractivity contribution is 7.89. The standard InChI is InChI=1S/C14H20ClN3O3S/c1-11(10-16)14(19)17-6-8-18(9-7-17)22(20,21)13-4-2-12(15)3-5-13/h2-5,11H,6-10,16H2,1H3. The Morgan fingerprint density at radius 1 is 1.23 bits per heavy atom. The van der Waals surface area contributed by atoms with Crippen LogP contribution in [-0.2, 0) is 14.8 Å². The molecule has 1 atom stereocenters. The van der Waals surface area contributed by atoms with E-state index in [0.29, 0.717) is 24.7 Å². The average molecular weight is 346 g/mol. The van der Waals surface area contributed by atoms with Gasteiger partial charge in [0.05, 0.1) is 4.90 Å². The molecule has 1 saturated heterocycles. The van der Waals surface area contributed by atoms with Crippen molar-refractivity contribution in [2.75, 3.05) is 32.7 Å². The van der Waals surface area contributed by atoms with Crippen molar-refractivity contribution in [2.45, 2.75) is 11.8 Å². The summed E-state index contributed by atoms with van der Waals surface area (Å²) < 4.78 is 26.4. The molecule has 122 valence electrons. The van der Waals surface area contributed by atoms with Crippen molar-refractivity contribution in [2.24, 2.45) is 11.7 Å². The predicted molar refractivity (Wildman–Crippen MR) is 85.0 cm³/mol. The molecule has 22 heavy (non-hydrogen) atoms. The minimum Gasteiger partial charge on any atom is -0.340 e. The topological polar surface area (TPSA) is 83.7 Å². The van der Waals surface area contributed by atoms with Gasteiger partial charge in [-0.3, -0.25) is 4.79 Å². The molecule has 0 bridgehead atoms. The molecule has 1 amide bonds. The van der Waals surface area contributed by atoms with Crippen molar-refractivity contribution in [1.29, 1.82) is 0 Å². The largest absolute Gasteiger partial charge is 0.340 e. The Morgan fingerprint density at radius 2 is 1.77 bits per heavy atom. The maximum atomic E-state index is 12.5. The first kappa shape index (κ1) is 17.2. The van der Waals surface area contributed by atoms with Crippen molar-refractivity contribution < 1.29 is 13.2 Å². The summed E-state index contributed by atoms with van der Waals surface area (Å²) in [6, 6.07) is 6.09. The lowest BCUT2D eigenvalue weighted by molar-refractivity contribution is -0.135. The van der Waals surface area contributed by atoms with Crippen LogP contribution in [0.2, 0.25) is 5.02 Å². The van der Waals surface area contributed by atoms with Crippen LogP contribution < -0.4 is 5.73 Å². The maximum absolute atomic E-state index is 12.5. The van der Waals surface area contributed by atoms with Crippen LogP contribution in [0.5, 0.6) is 0 Å². The highest BCUT2D eigenvalue weighted by Crippen LogP contribution is 2.20. The second-order valence-electron chi connectivity index (χ2n) is 5.32. The Morgan fingerprint density at radius 3 is 2.27 bits per heavy atom. The van der Waals surface area contributed by atoms with E-state index < -0.39 is 10.0 Å². The van der Waals surface area contributed by atoms with Crippen molar-refractivity contribution in [1.82, 2.24) is 9.21 Å². The Kier molecular flexibility index (Phi) is 5.44. The van der Waals surface area contributed by atoms with E-state index in [-0.39, 0.29) is 29.8 Å². The van der Waals surface area contributed by atoms with Gasteiger partial charge >= 0.3 is 0 Å². The van der Waals surface area contributed by atoms with Crippen molar-refractivity contribution in [3.05, 3.63) is 29.3 Å². The fraction of sp³-hybridized carbons (Fsp3) is 0.500. The number of hydrogen-bond donors (Lipinski definition) is 1. The molecule has 0 saturated carbocycles. The van der Waals surface area contributed by atoms with Gasteiger partial charge in [0.2, 0.25) is 15.9 Å². The Balaban J connectivity index is 2.05. The molecular formula is C14H20ClN3O3S. The normalized spacial score (nSPS) is 18.2. The molecule has 2 rings (SSSR count). The highest BCUT2D eigenvalue weighted by Gasteiger charge is 2.31. The van der Waals surface area contributed by atoms with Crippen LogP contribution in [0.15, 0.2) is 29.2 Å². The van der Waals surface area contributed by atoms with Crippen LogP contribution in [-0.4, -0.2) is 56.3 Å². The molecule has 0 radical (unpaired) electrons. The zero-order valence-corrected chi connectivity index (χ0v) is 14.0. The molecule has 1 aromatic carbocycles. The van der Waals surface area contributed by atoms with Gasteiger partial charge in [-0.05, 0) is 24.3 Å². The smallest absolute Gasteiger partial charge is 0.243 e. The fourth-order valence-corrected chi connectivity index (χ4v) is 3.87. The van der Waals surface area contributed by atoms with Crippen LogP contribution in [0.4, 0.5) is 0 Å². The monoisotopic (exact) mass is 345 g/mol.